The van der Waals surface area contributed by atoms with Crippen molar-refractivity contribution >= 4 is 19.7 Å². The molecule has 2 aliphatic rings. The number of ether oxygens (including phenoxy) is 2. The van der Waals surface area contributed by atoms with Crippen molar-refractivity contribution < 1.29 is 26.3 Å². The Morgan fingerprint density at radius 2 is 1.61 bits per heavy atom. The lowest BCUT2D eigenvalue weighted by Gasteiger charge is -2.37. The second-order valence-corrected chi connectivity index (χ2v) is 13.2. The standard InChI is InChI=1S/C24H31NO6S2/c1-30-22-9-8-20(15-23(22)31-2)33(28,29)24-17-32(26,27)16-21(24)25-12-10-19(11-13-25)14-18-6-4-3-5-7-18/h3-9,15,19,21,24H,10-14,16-17H2,1-2H3/t21-,24-/m0/s1. The van der Waals surface area contributed by atoms with Gasteiger partial charge in [0.1, 0.15) is 0 Å². The van der Waals surface area contributed by atoms with Gasteiger partial charge in [0.05, 0.1) is 35.9 Å². The van der Waals surface area contributed by atoms with Gasteiger partial charge in [0, 0.05) is 12.1 Å². The Kier molecular flexibility index (Phi) is 7.02. The Balaban J connectivity index is 1.52. The highest BCUT2D eigenvalue weighted by molar-refractivity contribution is 7.96. The fourth-order valence-electron chi connectivity index (χ4n) is 5.04. The lowest BCUT2D eigenvalue weighted by molar-refractivity contribution is 0.144. The van der Waals surface area contributed by atoms with Gasteiger partial charge in [0.25, 0.3) is 0 Å². The number of piperidine rings is 1. The van der Waals surface area contributed by atoms with Gasteiger partial charge < -0.3 is 9.47 Å². The van der Waals surface area contributed by atoms with Crippen LogP contribution in [0.15, 0.2) is 53.4 Å². The van der Waals surface area contributed by atoms with Crippen LogP contribution in [0.3, 0.4) is 0 Å². The van der Waals surface area contributed by atoms with Crippen LogP contribution in [0.1, 0.15) is 18.4 Å². The minimum Gasteiger partial charge on any atom is -0.493 e. The molecule has 0 amide bonds. The summed E-state index contributed by atoms with van der Waals surface area (Å²) in [6.07, 6.45) is 2.84. The molecule has 4 rings (SSSR count). The van der Waals surface area contributed by atoms with Crippen LogP contribution in [-0.4, -0.2) is 71.8 Å². The minimum atomic E-state index is -3.88. The summed E-state index contributed by atoms with van der Waals surface area (Å²) in [5.41, 5.74) is 1.30. The van der Waals surface area contributed by atoms with Crippen LogP contribution in [0.2, 0.25) is 0 Å². The van der Waals surface area contributed by atoms with Gasteiger partial charge in [-0.3, -0.25) is 4.90 Å². The monoisotopic (exact) mass is 493 g/mol. The molecule has 0 bridgehead atoms. The van der Waals surface area contributed by atoms with E-state index in [4.69, 9.17) is 9.47 Å². The summed E-state index contributed by atoms with van der Waals surface area (Å²) in [6.45, 7) is 1.41. The summed E-state index contributed by atoms with van der Waals surface area (Å²) in [7, 11) is -4.42. The molecule has 0 aromatic heterocycles. The topological polar surface area (TPSA) is 90.0 Å². The van der Waals surface area contributed by atoms with E-state index in [0.29, 0.717) is 30.5 Å². The first-order valence-corrected chi connectivity index (χ1v) is 14.5. The molecule has 0 N–H and O–H groups in total. The zero-order valence-corrected chi connectivity index (χ0v) is 20.6. The number of methoxy groups -OCH3 is 2. The van der Waals surface area contributed by atoms with Crippen LogP contribution in [0, 0.1) is 5.92 Å². The summed E-state index contributed by atoms with van der Waals surface area (Å²) in [5, 5.41) is -0.994. The second kappa shape index (κ2) is 9.64. The van der Waals surface area contributed by atoms with Gasteiger partial charge in [-0.15, -0.1) is 0 Å². The highest BCUT2D eigenvalue weighted by Crippen LogP contribution is 2.35. The molecule has 0 saturated carbocycles. The molecular formula is C24H31NO6S2. The molecular weight excluding hydrogens is 462 g/mol. The molecule has 0 unspecified atom stereocenters. The number of hydrogen-bond acceptors (Lipinski definition) is 7. The lowest BCUT2D eigenvalue weighted by Crippen LogP contribution is -2.49. The fourth-order valence-corrected chi connectivity index (χ4v) is 9.88. The third-order valence-corrected chi connectivity index (χ3v) is 11.0. The van der Waals surface area contributed by atoms with Gasteiger partial charge in [-0.1, -0.05) is 30.3 Å². The quantitative estimate of drug-likeness (QED) is 0.586. The molecule has 2 atom stereocenters. The molecule has 0 spiro atoms. The third kappa shape index (κ3) is 5.20. The maximum atomic E-state index is 13.6. The highest BCUT2D eigenvalue weighted by atomic mass is 32.2. The second-order valence-electron chi connectivity index (χ2n) is 8.91. The van der Waals surface area contributed by atoms with E-state index >= 15 is 0 Å². The average Bonchev–Trinajstić information content (AvgIpc) is 3.16. The maximum Gasteiger partial charge on any atom is 0.183 e. The summed E-state index contributed by atoms with van der Waals surface area (Å²) in [4.78, 5) is 2.14. The Bertz CT molecular complexity index is 1170. The zero-order valence-electron chi connectivity index (χ0n) is 19.0. The molecule has 2 fully saturated rings. The normalized spacial score (nSPS) is 23.9. The number of sulfone groups is 2. The van der Waals surface area contributed by atoms with Gasteiger partial charge in [0.15, 0.2) is 31.2 Å². The number of likely N-dealkylation sites (tertiary alicyclic amines) is 1. The summed E-state index contributed by atoms with van der Waals surface area (Å²) in [5.74, 6) is 0.777. The number of hydrogen-bond donors (Lipinski definition) is 0. The maximum absolute atomic E-state index is 13.6. The number of rotatable bonds is 7. The van der Waals surface area contributed by atoms with Crippen molar-refractivity contribution in [1.29, 1.82) is 0 Å². The van der Waals surface area contributed by atoms with Crippen LogP contribution >= 0.6 is 0 Å². The Labute approximate surface area is 196 Å². The van der Waals surface area contributed by atoms with Gasteiger partial charge in [-0.2, -0.15) is 0 Å². The smallest absolute Gasteiger partial charge is 0.183 e. The van der Waals surface area contributed by atoms with Crippen LogP contribution in [0.5, 0.6) is 11.5 Å². The average molecular weight is 494 g/mol. The molecule has 180 valence electrons. The van der Waals surface area contributed by atoms with Crippen LogP contribution in [0.25, 0.3) is 0 Å². The molecule has 2 saturated heterocycles. The van der Waals surface area contributed by atoms with Crippen molar-refractivity contribution in [1.82, 2.24) is 4.90 Å². The Morgan fingerprint density at radius 1 is 0.939 bits per heavy atom. The van der Waals surface area contributed by atoms with E-state index in [1.54, 1.807) is 6.07 Å². The molecule has 2 aliphatic heterocycles. The number of nitrogens with zero attached hydrogens (tertiary/aromatic N) is 1. The minimum absolute atomic E-state index is 0.0613. The van der Waals surface area contributed by atoms with E-state index in [2.05, 4.69) is 17.0 Å². The fraction of sp³-hybridized carbons (Fsp3) is 0.500. The van der Waals surface area contributed by atoms with Gasteiger partial charge in [-0.25, -0.2) is 16.8 Å². The Hall–Kier alpha value is -2.10. The van der Waals surface area contributed by atoms with Crippen molar-refractivity contribution in [2.75, 3.05) is 38.8 Å². The first-order valence-electron chi connectivity index (χ1n) is 11.2. The van der Waals surface area contributed by atoms with E-state index < -0.39 is 31.0 Å². The highest BCUT2D eigenvalue weighted by Gasteiger charge is 2.48. The van der Waals surface area contributed by atoms with Crippen molar-refractivity contribution in [3.05, 3.63) is 54.1 Å². The van der Waals surface area contributed by atoms with Crippen LogP contribution in [-0.2, 0) is 26.1 Å². The summed E-state index contributed by atoms with van der Waals surface area (Å²) < 4.78 is 62.7. The van der Waals surface area contributed by atoms with Crippen LogP contribution in [0.4, 0.5) is 0 Å². The third-order valence-electron chi connectivity index (χ3n) is 6.84. The molecule has 7 nitrogen and oxygen atoms in total. The molecule has 2 heterocycles. The summed E-state index contributed by atoms with van der Waals surface area (Å²) >= 11 is 0. The SMILES string of the molecule is COc1ccc(S(=O)(=O)[C@H]2CS(=O)(=O)C[C@@H]2N2CCC(Cc3ccccc3)CC2)cc1OC. The van der Waals surface area contributed by atoms with E-state index in [1.807, 2.05) is 18.2 Å². The Morgan fingerprint density at radius 3 is 2.24 bits per heavy atom. The van der Waals surface area contributed by atoms with Crippen LogP contribution < -0.4 is 9.47 Å². The van der Waals surface area contributed by atoms with E-state index in [1.165, 1.54) is 31.9 Å². The molecule has 2 aromatic carbocycles. The predicted octanol–water partition coefficient (Wildman–Crippen LogP) is 2.60. The van der Waals surface area contributed by atoms with E-state index in [9.17, 15) is 16.8 Å². The molecule has 0 aliphatic carbocycles. The molecule has 33 heavy (non-hydrogen) atoms. The first-order chi connectivity index (χ1) is 15.7. The zero-order chi connectivity index (χ0) is 23.6. The van der Waals surface area contributed by atoms with Gasteiger partial charge in [0.2, 0.25) is 0 Å². The van der Waals surface area contributed by atoms with E-state index in [0.717, 1.165) is 19.3 Å². The predicted molar refractivity (Wildman–Crippen MR) is 127 cm³/mol. The van der Waals surface area contributed by atoms with Crippen molar-refractivity contribution in [3.8, 4) is 11.5 Å². The van der Waals surface area contributed by atoms with E-state index in [-0.39, 0.29) is 16.4 Å². The summed E-state index contributed by atoms with van der Waals surface area (Å²) in [6, 6.07) is 14.2. The van der Waals surface area contributed by atoms with Crippen molar-refractivity contribution in [2.24, 2.45) is 5.92 Å². The molecule has 0 radical (unpaired) electrons. The van der Waals surface area contributed by atoms with Crippen molar-refractivity contribution in [3.63, 3.8) is 0 Å². The molecule has 9 heteroatoms. The number of benzene rings is 2. The van der Waals surface area contributed by atoms with Gasteiger partial charge >= 0.3 is 0 Å². The van der Waals surface area contributed by atoms with Crippen molar-refractivity contribution in [2.45, 2.75) is 35.4 Å². The lowest BCUT2D eigenvalue weighted by atomic mass is 9.89. The molecule has 2 aromatic rings. The first kappa shape index (κ1) is 24.0. The van der Waals surface area contributed by atoms with Gasteiger partial charge in [-0.05, 0) is 56.0 Å². The largest absolute Gasteiger partial charge is 0.493 e.